The van der Waals surface area contributed by atoms with Gasteiger partial charge in [-0.15, -0.1) is 0 Å². The molecular weight excluding hydrogens is 340 g/mol. The lowest BCUT2D eigenvalue weighted by molar-refractivity contribution is 0.0905. The number of pyridine rings is 1. The van der Waals surface area contributed by atoms with Gasteiger partial charge in [0.15, 0.2) is 0 Å². The molecule has 0 aliphatic heterocycles. The summed E-state index contributed by atoms with van der Waals surface area (Å²) in [4.78, 5) is 4.41. The normalized spacial score (nSPS) is 15.1. The van der Waals surface area contributed by atoms with E-state index in [1.165, 1.54) is 0 Å². The Morgan fingerprint density at radius 3 is 2.70 bits per heavy atom. The van der Waals surface area contributed by atoms with Crippen LogP contribution in [0.15, 0.2) is 22.8 Å². The average molecular weight is 363 g/mol. The smallest absolute Gasteiger partial charge is 0.106 e. The highest BCUT2D eigenvalue weighted by molar-refractivity contribution is 9.10. The fourth-order valence-electron chi connectivity index (χ4n) is 1.66. The highest BCUT2D eigenvalue weighted by Crippen LogP contribution is 2.21. The number of aromatic nitrogens is 1. The minimum absolute atomic E-state index is 0.0302. The van der Waals surface area contributed by atoms with Crippen LogP contribution in [0.2, 0.25) is 0 Å². The third kappa shape index (κ3) is 5.99. The van der Waals surface area contributed by atoms with Crippen molar-refractivity contribution in [3.63, 3.8) is 0 Å². The number of nitrogens with one attached hydrogen (secondary N) is 1. The van der Waals surface area contributed by atoms with Gasteiger partial charge in [-0.1, -0.05) is 6.07 Å². The molecule has 0 saturated carbocycles. The molecule has 0 aliphatic carbocycles. The molecule has 4 nitrogen and oxygen atoms in total. The molecule has 0 amide bonds. The van der Waals surface area contributed by atoms with E-state index in [9.17, 15) is 4.21 Å². The molecule has 0 fully saturated rings. The third-order valence-corrected chi connectivity index (χ3v) is 4.80. The number of rotatable bonds is 7. The zero-order valence-electron chi connectivity index (χ0n) is 12.5. The summed E-state index contributed by atoms with van der Waals surface area (Å²) in [5, 5.41) is 0. The van der Waals surface area contributed by atoms with Crippen LogP contribution in [0.5, 0.6) is 0 Å². The maximum absolute atomic E-state index is 11.8. The van der Waals surface area contributed by atoms with Crippen molar-refractivity contribution < 1.29 is 8.95 Å². The molecule has 6 heteroatoms. The first-order chi connectivity index (χ1) is 9.34. The summed E-state index contributed by atoms with van der Waals surface area (Å²) in [7, 11) is 0.672. The third-order valence-electron chi connectivity index (χ3n) is 2.78. The second-order valence-corrected chi connectivity index (χ2v) is 8.39. The van der Waals surface area contributed by atoms with E-state index in [0.717, 1.165) is 23.1 Å². The Hall–Kier alpha value is -0.300. The topological polar surface area (TPSA) is 51.2 Å². The zero-order valence-corrected chi connectivity index (χ0v) is 14.9. The molecule has 0 aliphatic rings. The van der Waals surface area contributed by atoms with E-state index >= 15 is 0 Å². The molecule has 1 aromatic heterocycles. The quantitative estimate of drug-likeness (QED) is 0.597. The Bertz CT molecular complexity index is 449. The van der Waals surface area contributed by atoms with Crippen molar-refractivity contribution in [2.75, 3.05) is 13.7 Å². The van der Waals surface area contributed by atoms with Gasteiger partial charge >= 0.3 is 0 Å². The molecule has 1 N–H and O–H groups in total. The molecule has 20 heavy (non-hydrogen) atoms. The number of methoxy groups -OCH3 is 1. The van der Waals surface area contributed by atoms with Gasteiger partial charge in [0.2, 0.25) is 0 Å². The van der Waals surface area contributed by atoms with Crippen LogP contribution in [0.1, 0.15) is 45.4 Å². The van der Waals surface area contributed by atoms with Crippen molar-refractivity contribution in [1.29, 1.82) is 0 Å². The van der Waals surface area contributed by atoms with E-state index in [1.54, 1.807) is 7.11 Å². The Morgan fingerprint density at radius 2 is 2.15 bits per heavy atom. The molecule has 1 aromatic rings. The van der Waals surface area contributed by atoms with Gasteiger partial charge in [0.1, 0.15) is 4.60 Å². The minimum Gasteiger partial charge on any atom is -0.375 e. The maximum atomic E-state index is 11.8. The highest BCUT2D eigenvalue weighted by atomic mass is 79.9. The second-order valence-electron chi connectivity index (χ2n) is 5.53. The first kappa shape index (κ1) is 17.8. The molecule has 114 valence electrons. The first-order valence-corrected chi connectivity index (χ1v) is 8.59. The van der Waals surface area contributed by atoms with Crippen LogP contribution in [-0.2, 0) is 15.7 Å². The van der Waals surface area contributed by atoms with Crippen LogP contribution < -0.4 is 4.72 Å². The van der Waals surface area contributed by atoms with E-state index in [0.29, 0.717) is 6.54 Å². The van der Waals surface area contributed by atoms with Crippen LogP contribution in [-0.4, -0.2) is 27.6 Å². The number of halogens is 1. The van der Waals surface area contributed by atoms with Gasteiger partial charge in [0.05, 0.1) is 27.5 Å². The van der Waals surface area contributed by atoms with E-state index < -0.39 is 11.0 Å². The minimum atomic E-state index is -1.02. The van der Waals surface area contributed by atoms with Gasteiger partial charge in [0, 0.05) is 13.7 Å². The van der Waals surface area contributed by atoms with Gasteiger partial charge in [-0.25, -0.2) is 13.9 Å². The fourth-order valence-corrected chi connectivity index (χ4v) is 2.78. The molecule has 1 heterocycles. The van der Waals surface area contributed by atoms with Gasteiger partial charge in [0.25, 0.3) is 0 Å². The molecule has 0 radical (unpaired) electrons. The Labute approximate surface area is 132 Å². The summed E-state index contributed by atoms with van der Waals surface area (Å²) in [6.07, 6.45) is 1.69. The van der Waals surface area contributed by atoms with E-state index in [4.69, 9.17) is 4.74 Å². The largest absolute Gasteiger partial charge is 0.375 e. The van der Waals surface area contributed by atoms with Crippen LogP contribution >= 0.6 is 15.9 Å². The lowest BCUT2D eigenvalue weighted by atomic mass is 10.1. The Balaban J connectivity index is 2.41. The lowest BCUT2D eigenvalue weighted by Crippen LogP contribution is -2.33. The number of nitrogens with zero attached hydrogens (tertiary/aromatic N) is 1. The summed E-state index contributed by atoms with van der Waals surface area (Å²) in [6, 6.07) is 5.80. The van der Waals surface area contributed by atoms with Crippen LogP contribution in [0.4, 0.5) is 0 Å². The van der Waals surface area contributed by atoms with Crippen LogP contribution in [0.25, 0.3) is 0 Å². The molecule has 1 unspecified atom stereocenters. The van der Waals surface area contributed by atoms with Crippen LogP contribution in [0.3, 0.4) is 0 Å². The fraction of sp³-hybridized carbons (Fsp3) is 0.643. The predicted molar refractivity (Wildman–Crippen MR) is 86.8 cm³/mol. The molecule has 0 bridgehead atoms. The molecule has 0 spiro atoms. The molecule has 2 atom stereocenters. The summed E-state index contributed by atoms with van der Waals surface area (Å²) in [6.45, 7) is 6.58. The maximum Gasteiger partial charge on any atom is 0.106 e. The lowest BCUT2D eigenvalue weighted by Gasteiger charge is -2.19. The Kier molecular flexibility index (Phi) is 7.29. The summed E-state index contributed by atoms with van der Waals surface area (Å²) in [5.41, 5.74) is 0.916. The molecule has 0 saturated heterocycles. The van der Waals surface area contributed by atoms with Crippen molar-refractivity contribution in [2.45, 2.75) is 44.5 Å². The SMILES string of the molecule is CO[C@@H](CCCNS(=O)C(C)(C)C)c1cccc(Br)n1. The van der Waals surface area contributed by atoms with Gasteiger partial charge in [-0.3, -0.25) is 0 Å². The summed E-state index contributed by atoms with van der Waals surface area (Å²) >= 11 is 3.36. The number of ether oxygens (including phenoxy) is 1. The zero-order chi connectivity index (χ0) is 15.2. The Morgan fingerprint density at radius 1 is 1.45 bits per heavy atom. The number of hydrogen-bond donors (Lipinski definition) is 1. The highest BCUT2D eigenvalue weighted by Gasteiger charge is 2.19. The van der Waals surface area contributed by atoms with Crippen molar-refractivity contribution in [2.24, 2.45) is 0 Å². The number of hydrogen-bond acceptors (Lipinski definition) is 3. The summed E-state index contributed by atoms with van der Waals surface area (Å²) in [5.74, 6) is 0. The van der Waals surface area contributed by atoms with Gasteiger partial charge in [-0.2, -0.15) is 0 Å². The van der Waals surface area contributed by atoms with Crippen molar-refractivity contribution in [3.05, 3.63) is 28.5 Å². The second kappa shape index (κ2) is 8.22. The average Bonchev–Trinajstić information content (AvgIpc) is 2.37. The molecule has 0 aromatic carbocycles. The van der Waals surface area contributed by atoms with Crippen molar-refractivity contribution in [1.82, 2.24) is 9.71 Å². The first-order valence-electron chi connectivity index (χ1n) is 6.65. The van der Waals surface area contributed by atoms with Crippen LogP contribution in [0, 0.1) is 0 Å². The van der Waals surface area contributed by atoms with E-state index in [1.807, 2.05) is 39.0 Å². The molecular formula is C14H23BrN2O2S. The predicted octanol–water partition coefficient (Wildman–Crippen LogP) is 3.36. The van der Waals surface area contributed by atoms with Gasteiger partial charge in [-0.05, 0) is 61.7 Å². The molecule has 1 rings (SSSR count). The standard InChI is InChI=1S/C14H23BrN2O2S/c1-14(2,3)20(18)16-10-6-8-12(19-4)11-7-5-9-13(15)17-11/h5,7,9,12,16H,6,8,10H2,1-4H3/t12-,20?/m0/s1. The van der Waals surface area contributed by atoms with Crippen molar-refractivity contribution >= 4 is 26.9 Å². The van der Waals surface area contributed by atoms with E-state index in [2.05, 4.69) is 25.6 Å². The summed E-state index contributed by atoms with van der Waals surface area (Å²) < 4.78 is 21.0. The van der Waals surface area contributed by atoms with Gasteiger partial charge < -0.3 is 4.74 Å². The monoisotopic (exact) mass is 362 g/mol. The van der Waals surface area contributed by atoms with E-state index in [-0.39, 0.29) is 10.9 Å². The van der Waals surface area contributed by atoms with Crippen molar-refractivity contribution in [3.8, 4) is 0 Å².